The SMILES string of the molecule is O=C(Cn1nc(C(F)(F)F)c(Cl)c1C1CC1)Nc1ccc(S(=O)(=O)Nc2ccc(Cl)nn2)cc1. The van der Waals surface area contributed by atoms with E-state index < -0.39 is 39.4 Å². The molecule has 2 N–H and O–H groups in total. The molecule has 2 heterocycles. The summed E-state index contributed by atoms with van der Waals surface area (Å²) >= 11 is 11.5. The molecule has 0 saturated heterocycles. The van der Waals surface area contributed by atoms with Crippen molar-refractivity contribution in [1.29, 1.82) is 0 Å². The number of sulfonamides is 1. The summed E-state index contributed by atoms with van der Waals surface area (Å²) in [7, 11) is -3.99. The van der Waals surface area contributed by atoms with Crippen molar-refractivity contribution in [2.45, 2.75) is 36.4 Å². The maximum Gasteiger partial charge on any atom is 0.436 e. The number of aromatic nitrogens is 4. The van der Waals surface area contributed by atoms with E-state index in [1.807, 2.05) is 0 Å². The first-order valence-electron chi connectivity index (χ1n) is 9.69. The Bertz CT molecular complexity index is 1330. The van der Waals surface area contributed by atoms with Crippen molar-refractivity contribution in [3.05, 3.63) is 58.0 Å². The number of amides is 1. The topological polar surface area (TPSA) is 119 Å². The lowest BCUT2D eigenvalue weighted by atomic mass is 10.2. The van der Waals surface area contributed by atoms with E-state index in [2.05, 4.69) is 25.3 Å². The number of carbonyl (C=O) groups is 1. The highest BCUT2D eigenvalue weighted by Crippen LogP contribution is 2.46. The van der Waals surface area contributed by atoms with Gasteiger partial charge in [-0.3, -0.25) is 14.2 Å². The molecule has 15 heteroatoms. The number of rotatable bonds is 7. The summed E-state index contributed by atoms with van der Waals surface area (Å²) in [5, 5.41) is 12.8. The van der Waals surface area contributed by atoms with Crippen LogP contribution in [0.2, 0.25) is 10.2 Å². The van der Waals surface area contributed by atoms with Gasteiger partial charge in [-0.1, -0.05) is 23.2 Å². The summed E-state index contributed by atoms with van der Waals surface area (Å²) in [5.74, 6) is -0.865. The third-order valence-electron chi connectivity index (χ3n) is 4.78. The van der Waals surface area contributed by atoms with Crippen LogP contribution in [-0.2, 0) is 27.5 Å². The van der Waals surface area contributed by atoms with Gasteiger partial charge in [0.1, 0.15) is 6.54 Å². The molecule has 0 bridgehead atoms. The summed E-state index contributed by atoms with van der Waals surface area (Å²) in [6.07, 6.45) is -3.42. The van der Waals surface area contributed by atoms with Crippen molar-refractivity contribution in [2.24, 2.45) is 0 Å². The van der Waals surface area contributed by atoms with Gasteiger partial charge in [-0.05, 0) is 49.2 Å². The Hall–Kier alpha value is -2.90. The minimum Gasteiger partial charge on any atom is -0.324 e. The molecule has 180 valence electrons. The van der Waals surface area contributed by atoms with Gasteiger partial charge in [0.15, 0.2) is 16.7 Å². The molecule has 0 aliphatic heterocycles. The number of nitrogens with zero attached hydrogens (tertiary/aromatic N) is 4. The van der Waals surface area contributed by atoms with Gasteiger partial charge in [0.25, 0.3) is 10.0 Å². The lowest BCUT2D eigenvalue weighted by Crippen LogP contribution is -2.21. The zero-order valence-electron chi connectivity index (χ0n) is 17.0. The molecule has 3 aromatic rings. The molecule has 1 aliphatic rings. The zero-order valence-corrected chi connectivity index (χ0v) is 19.3. The van der Waals surface area contributed by atoms with E-state index >= 15 is 0 Å². The largest absolute Gasteiger partial charge is 0.436 e. The van der Waals surface area contributed by atoms with Crippen LogP contribution in [0.25, 0.3) is 0 Å². The summed E-state index contributed by atoms with van der Waals surface area (Å²) in [6, 6.07) is 7.85. The number of hydrogen-bond donors (Lipinski definition) is 2. The summed E-state index contributed by atoms with van der Waals surface area (Å²) < 4.78 is 67.7. The molecular weight excluding hydrogens is 520 g/mol. The van der Waals surface area contributed by atoms with Crippen LogP contribution in [0.1, 0.15) is 30.1 Å². The third-order valence-corrected chi connectivity index (χ3v) is 6.72. The molecule has 0 unspecified atom stereocenters. The van der Waals surface area contributed by atoms with Crippen LogP contribution in [0.4, 0.5) is 24.7 Å². The van der Waals surface area contributed by atoms with E-state index in [1.165, 1.54) is 36.4 Å². The number of carbonyl (C=O) groups excluding carboxylic acids is 1. The Balaban J connectivity index is 1.45. The number of nitrogens with one attached hydrogen (secondary N) is 2. The quantitative estimate of drug-likeness (QED) is 0.466. The molecule has 0 radical (unpaired) electrons. The second kappa shape index (κ2) is 9.04. The highest BCUT2D eigenvalue weighted by molar-refractivity contribution is 7.92. The predicted molar refractivity (Wildman–Crippen MR) is 117 cm³/mol. The number of anilines is 2. The molecular formula is C19H15Cl2F3N6O3S. The van der Waals surface area contributed by atoms with Crippen LogP contribution in [0, 0.1) is 0 Å². The molecule has 1 saturated carbocycles. The Morgan fingerprint density at radius 3 is 2.32 bits per heavy atom. The number of alkyl halides is 3. The van der Waals surface area contributed by atoms with Crippen LogP contribution in [0.15, 0.2) is 41.3 Å². The maximum absolute atomic E-state index is 13.2. The minimum atomic E-state index is -4.74. The van der Waals surface area contributed by atoms with E-state index in [0.717, 1.165) is 4.68 Å². The number of benzene rings is 1. The first-order valence-corrected chi connectivity index (χ1v) is 11.9. The fourth-order valence-corrected chi connectivity index (χ4v) is 4.62. The van der Waals surface area contributed by atoms with E-state index in [9.17, 15) is 26.4 Å². The number of halogens is 5. The highest BCUT2D eigenvalue weighted by Gasteiger charge is 2.42. The Labute approximate surface area is 201 Å². The van der Waals surface area contributed by atoms with Gasteiger partial charge >= 0.3 is 6.18 Å². The first kappa shape index (κ1) is 24.2. The smallest absolute Gasteiger partial charge is 0.324 e. The number of hydrogen-bond acceptors (Lipinski definition) is 6. The summed E-state index contributed by atoms with van der Waals surface area (Å²) in [4.78, 5) is 12.3. The molecule has 1 fully saturated rings. The van der Waals surface area contributed by atoms with Gasteiger partial charge in [0, 0.05) is 11.6 Å². The minimum absolute atomic E-state index is 0.0376. The Kier molecular flexibility index (Phi) is 6.44. The summed E-state index contributed by atoms with van der Waals surface area (Å²) in [6.45, 7) is -0.488. The second-order valence-electron chi connectivity index (χ2n) is 7.40. The van der Waals surface area contributed by atoms with E-state index in [1.54, 1.807) is 0 Å². The monoisotopic (exact) mass is 534 g/mol. The lowest BCUT2D eigenvalue weighted by Gasteiger charge is -2.10. The lowest BCUT2D eigenvalue weighted by molar-refractivity contribution is -0.141. The Morgan fingerprint density at radius 1 is 1.09 bits per heavy atom. The average Bonchev–Trinajstić information content (AvgIpc) is 3.52. The van der Waals surface area contributed by atoms with Crippen LogP contribution in [0.3, 0.4) is 0 Å². The molecule has 1 aliphatic carbocycles. The molecule has 0 spiro atoms. The van der Waals surface area contributed by atoms with E-state index in [0.29, 0.717) is 12.8 Å². The van der Waals surface area contributed by atoms with Crippen molar-refractivity contribution in [2.75, 3.05) is 10.0 Å². The van der Waals surface area contributed by atoms with Crippen molar-refractivity contribution >= 4 is 50.6 Å². The van der Waals surface area contributed by atoms with Crippen LogP contribution in [-0.4, -0.2) is 34.3 Å². The van der Waals surface area contributed by atoms with Gasteiger partial charge < -0.3 is 5.32 Å². The van der Waals surface area contributed by atoms with E-state index in [-0.39, 0.29) is 33.2 Å². The maximum atomic E-state index is 13.2. The molecule has 1 amide bonds. The normalized spacial score (nSPS) is 14.1. The Morgan fingerprint density at radius 2 is 1.76 bits per heavy atom. The van der Waals surface area contributed by atoms with Crippen molar-refractivity contribution in [1.82, 2.24) is 20.0 Å². The fourth-order valence-electron chi connectivity index (χ4n) is 3.12. The van der Waals surface area contributed by atoms with Crippen LogP contribution < -0.4 is 10.0 Å². The third kappa shape index (κ3) is 5.42. The predicted octanol–water partition coefficient (Wildman–Crippen LogP) is 4.32. The molecule has 2 aromatic heterocycles. The van der Waals surface area contributed by atoms with Crippen molar-refractivity contribution in [3.8, 4) is 0 Å². The van der Waals surface area contributed by atoms with Gasteiger partial charge in [-0.25, -0.2) is 8.42 Å². The van der Waals surface area contributed by atoms with Crippen LogP contribution in [0.5, 0.6) is 0 Å². The van der Waals surface area contributed by atoms with Gasteiger partial charge in [0.2, 0.25) is 5.91 Å². The van der Waals surface area contributed by atoms with Gasteiger partial charge in [-0.2, -0.15) is 18.3 Å². The molecule has 0 atom stereocenters. The van der Waals surface area contributed by atoms with Gasteiger partial charge in [0.05, 0.1) is 15.6 Å². The van der Waals surface area contributed by atoms with Crippen LogP contribution >= 0.6 is 23.2 Å². The standard InChI is InChI=1S/C19H15Cl2F3N6O3S/c20-13-7-8-14(27-26-13)29-34(32,33)12-5-3-11(4-6-12)25-15(31)9-30-17(10-1-2-10)16(21)18(28-30)19(22,23)24/h3-8,10H,1-2,9H2,(H,25,31)(H,27,29). The highest BCUT2D eigenvalue weighted by atomic mass is 35.5. The average molecular weight is 535 g/mol. The molecule has 4 rings (SSSR count). The first-order chi connectivity index (χ1) is 15.9. The van der Waals surface area contributed by atoms with Gasteiger partial charge in [-0.15, -0.1) is 10.2 Å². The molecule has 9 nitrogen and oxygen atoms in total. The second-order valence-corrected chi connectivity index (χ2v) is 9.84. The molecule has 1 aromatic carbocycles. The summed E-state index contributed by atoms with van der Waals surface area (Å²) in [5.41, 5.74) is -0.809. The molecule has 34 heavy (non-hydrogen) atoms. The fraction of sp³-hybridized carbons (Fsp3) is 0.263. The van der Waals surface area contributed by atoms with Crippen molar-refractivity contribution in [3.63, 3.8) is 0 Å². The zero-order chi connectivity index (χ0) is 24.7. The van der Waals surface area contributed by atoms with E-state index in [4.69, 9.17) is 23.2 Å². The van der Waals surface area contributed by atoms with Crippen molar-refractivity contribution < 1.29 is 26.4 Å².